The lowest BCUT2D eigenvalue weighted by Crippen LogP contribution is -2.41. The lowest BCUT2D eigenvalue weighted by atomic mass is 9.96. The van der Waals surface area contributed by atoms with Crippen LogP contribution in [0.1, 0.15) is 26.2 Å². The van der Waals surface area contributed by atoms with E-state index in [9.17, 15) is 4.79 Å². The van der Waals surface area contributed by atoms with E-state index < -0.39 is 0 Å². The van der Waals surface area contributed by atoms with Crippen molar-refractivity contribution >= 4 is 28.7 Å². The number of nitrogens with one attached hydrogen (secondary N) is 1. The molecule has 8 heteroatoms. The van der Waals surface area contributed by atoms with E-state index >= 15 is 0 Å². The van der Waals surface area contributed by atoms with E-state index in [-0.39, 0.29) is 11.8 Å². The summed E-state index contributed by atoms with van der Waals surface area (Å²) in [6.07, 6.45) is 4.26. The fourth-order valence-corrected chi connectivity index (χ4v) is 2.91. The van der Waals surface area contributed by atoms with Crippen LogP contribution < -0.4 is 16.0 Å². The second kappa shape index (κ2) is 6.39. The van der Waals surface area contributed by atoms with Gasteiger partial charge in [-0.15, -0.1) is 0 Å². The molecule has 3 N–H and O–H groups in total. The molecule has 1 fully saturated rings. The third-order valence-electron chi connectivity index (χ3n) is 4.31. The Labute approximate surface area is 135 Å². The molecule has 8 nitrogen and oxygen atoms in total. The van der Waals surface area contributed by atoms with Crippen LogP contribution in [0.2, 0.25) is 0 Å². The second-order valence-corrected chi connectivity index (χ2v) is 5.97. The normalized spacial score (nSPS) is 16.0. The van der Waals surface area contributed by atoms with Crippen LogP contribution in [0.5, 0.6) is 0 Å². The number of nitrogens with zero attached hydrogens (tertiary/aromatic N) is 5. The molecule has 0 atom stereocenters. The van der Waals surface area contributed by atoms with Crippen molar-refractivity contribution in [3.05, 3.63) is 6.20 Å². The fraction of sp³-hybridized carbons (Fsp3) is 0.600. The summed E-state index contributed by atoms with van der Waals surface area (Å²) in [5, 5.41) is 7.91. The van der Waals surface area contributed by atoms with Crippen LogP contribution in [0.15, 0.2) is 6.20 Å². The molecule has 2 aromatic rings. The molecule has 1 amide bonds. The Morgan fingerprint density at radius 3 is 2.83 bits per heavy atom. The number of nitrogens with two attached hydrogens (primary N) is 1. The van der Waals surface area contributed by atoms with Crippen LogP contribution in [0.4, 0.5) is 11.8 Å². The van der Waals surface area contributed by atoms with Gasteiger partial charge >= 0.3 is 0 Å². The molecule has 0 unspecified atom stereocenters. The Morgan fingerprint density at radius 2 is 2.13 bits per heavy atom. The quantitative estimate of drug-likeness (QED) is 0.860. The number of fused-ring (bicyclic) bond motifs is 1. The molecular weight excluding hydrogens is 294 g/mol. The summed E-state index contributed by atoms with van der Waals surface area (Å²) in [4.78, 5) is 23.1. The summed E-state index contributed by atoms with van der Waals surface area (Å²) in [6.45, 7) is 4.31. The van der Waals surface area contributed by atoms with Crippen LogP contribution in [0.3, 0.4) is 0 Å². The van der Waals surface area contributed by atoms with Crippen molar-refractivity contribution < 1.29 is 4.79 Å². The summed E-state index contributed by atoms with van der Waals surface area (Å²) in [5.74, 6) is 1.30. The van der Waals surface area contributed by atoms with Gasteiger partial charge in [-0.1, -0.05) is 6.92 Å². The Balaban J connectivity index is 1.70. The van der Waals surface area contributed by atoms with Crippen molar-refractivity contribution in [3.8, 4) is 0 Å². The molecule has 0 spiro atoms. The third kappa shape index (κ3) is 3.06. The molecule has 1 aliphatic heterocycles. The van der Waals surface area contributed by atoms with Gasteiger partial charge in [-0.25, -0.2) is 0 Å². The van der Waals surface area contributed by atoms with E-state index in [2.05, 4.69) is 32.2 Å². The number of carbonyl (C=O) groups is 1. The van der Waals surface area contributed by atoms with Gasteiger partial charge in [0.25, 0.3) is 0 Å². The maximum atomic E-state index is 12.0. The van der Waals surface area contributed by atoms with Gasteiger partial charge in [-0.3, -0.25) is 9.48 Å². The highest BCUT2D eigenvalue weighted by Gasteiger charge is 2.26. The van der Waals surface area contributed by atoms with E-state index in [0.717, 1.165) is 49.9 Å². The summed E-state index contributed by atoms with van der Waals surface area (Å²) in [6, 6.07) is 0. The molecule has 3 rings (SSSR count). The maximum absolute atomic E-state index is 12.0. The molecule has 1 aliphatic rings. The lowest BCUT2D eigenvalue weighted by molar-refractivity contribution is -0.125. The first kappa shape index (κ1) is 15.5. The highest BCUT2D eigenvalue weighted by atomic mass is 16.1. The number of rotatable bonds is 4. The van der Waals surface area contributed by atoms with Crippen molar-refractivity contribution in [2.24, 2.45) is 13.0 Å². The van der Waals surface area contributed by atoms with Crippen molar-refractivity contribution in [1.82, 2.24) is 25.1 Å². The van der Waals surface area contributed by atoms with E-state index in [0.29, 0.717) is 11.8 Å². The van der Waals surface area contributed by atoms with Crippen LogP contribution in [-0.4, -0.2) is 45.3 Å². The van der Waals surface area contributed by atoms with Gasteiger partial charge in [0.05, 0.1) is 11.6 Å². The maximum Gasteiger partial charge on any atom is 0.229 e. The SMILES string of the molecule is CCCNC(=O)C1CCN(c2nc(N)c3cnn(C)c3n2)CC1. The van der Waals surface area contributed by atoms with Gasteiger partial charge in [-0.2, -0.15) is 15.1 Å². The number of piperidine rings is 1. The minimum absolute atomic E-state index is 0.0792. The number of amides is 1. The van der Waals surface area contributed by atoms with Gasteiger partial charge in [0.15, 0.2) is 5.65 Å². The topological polar surface area (TPSA) is 102 Å². The zero-order valence-electron chi connectivity index (χ0n) is 13.6. The highest BCUT2D eigenvalue weighted by Crippen LogP contribution is 2.24. The number of anilines is 2. The van der Waals surface area contributed by atoms with E-state index in [1.54, 1.807) is 10.9 Å². The van der Waals surface area contributed by atoms with Crippen LogP contribution >= 0.6 is 0 Å². The van der Waals surface area contributed by atoms with Crippen LogP contribution in [-0.2, 0) is 11.8 Å². The third-order valence-corrected chi connectivity index (χ3v) is 4.31. The van der Waals surface area contributed by atoms with Crippen LogP contribution in [0.25, 0.3) is 11.0 Å². The van der Waals surface area contributed by atoms with Crippen molar-refractivity contribution in [3.63, 3.8) is 0 Å². The van der Waals surface area contributed by atoms with Gasteiger partial charge in [0.1, 0.15) is 5.82 Å². The Bertz CT molecular complexity index is 703. The zero-order valence-corrected chi connectivity index (χ0v) is 13.6. The molecule has 0 aromatic carbocycles. The number of hydrogen-bond donors (Lipinski definition) is 2. The minimum Gasteiger partial charge on any atom is -0.383 e. The molecule has 3 heterocycles. The molecule has 0 radical (unpaired) electrons. The molecule has 0 aliphatic carbocycles. The number of carbonyl (C=O) groups excluding carboxylic acids is 1. The summed E-state index contributed by atoms with van der Waals surface area (Å²) in [7, 11) is 1.84. The summed E-state index contributed by atoms with van der Waals surface area (Å²) >= 11 is 0. The van der Waals surface area contributed by atoms with Gasteiger partial charge in [0.2, 0.25) is 11.9 Å². The van der Waals surface area contributed by atoms with Gasteiger partial charge in [0, 0.05) is 32.6 Å². The Kier molecular flexibility index (Phi) is 4.31. The smallest absolute Gasteiger partial charge is 0.229 e. The minimum atomic E-state index is 0.0792. The molecule has 0 bridgehead atoms. The van der Waals surface area contributed by atoms with E-state index in [1.165, 1.54) is 0 Å². The number of nitrogen functional groups attached to an aromatic ring is 1. The molecule has 23 heavy (non-hydrogen) atoms. The number of aryl methyl sites for hydroxylation is 1. The number of hydrogen-bond acceptors (Lipinski definition) is 6. The second-order valence-electron chi connectivity index (χ2n) is 5.97. The Morgan fingerprint density at radius 1 is 1.39 bits per heavy atom. The first-order valence-electron chi connectivity index (χ1n) is 8.08. The largest absolute Gasteiger partial charge is 0.383 e. The van der Waals surface area contributed by atoms with Gasteiger partial charge < -0.3 is 16.0 Å². The van der Waals surface area contributed by atoms with Crippen molar-refractivity contribution in [2.75, 3.05) is 30.3 Å². The molecular formula is C15H23N7O. The predicted octanol–water partition coefficient (Wildman–Crippen LogP) is 0.688. The Hall–Kier alpha value is -2.38. The fourth-order valence-electron chi connectivity index (χ4n) is 2.91. The first-order valence-corrected chi connectivity index (χ1v) is 8.08. The average Bonchev–Trinajstić information content (AvgIpc) is 2.94. The molecule has 0 saturated carbocycles. The monoisotopic (exact) mass is 317 g/mol. The van der Waals surface area contributed by atoms with Crippen molar-refractivity contribution in [1.29, 1.82) is 0 Å². The predicted molar refractivity (Wildman–Crippen MR) is 89.0 cm³/mol. The lowest BCUT2D eigenvalue weighted by Gasteiger charge is -2.31. The molecule has 2 aromatic heterocycles. The summed E-state index contributed by atoms with van der Waals surface area (Å²) < 4.78 is 1.70. The van der Waals surface area contributed by atoms with Crippen molar-refractivity contribution in [2.45, 2.75) is 26.2 Å². The van der Waals surface area contributed by atoms with E-state index in [4.69, 9.17) is 5.73 Å². The molecule has 124 valence electrons. The number of aromatic nitrogens is 4. The van der Waals surface area contributed by atoms with Crippen LogP contribution in [0, 0.1) is 5.92 Å². The zero-order chi connectivity index (χ0) is 16.4. The van der Waals surface area contributed by atoms with Gasteiger partial charge in [-0.05, 0) is 19.3 Å². The first-order chi connectivity index (χ1) is 11.1. The van der Waals surface area contributed by atoms with E-state index in [1.807, 2.05) is 7.05 Å². The summed E-state index contributed by atoms with van der Waals surface area (Å²) in [5.41, 5.74) is 6.74. The highest BCUT2D eigenvalue weighted by molar-refractivity contribution is 5.86. The molecule has 1 saturated heterocycles. The average molecular weight is 317 g/mol. The standard InChI is InChI=1S/C15H23N7O/c1-3-6-17-14(23)10-4-7-22(8-5-10)15-19-12(16)11-9-18-21(2)13(11)20-15/h9-10H,3-8H2,1-2H3,(H,17,23)(H2,16,19,20).